The Hall–Kier alpha value is -1.49. The monoisotopic (exact) mass is 209 g/mol. The van der Waals surface area contributed by atoms with Crippen molar-refractivity contribution in [3.05, 3.63) is 23.3 Å². The Morgan fingerprint density at radius 2 is 2.20 bits per heavy atom. The van der Waals surface area contributed by atoms with Gasteiger partial charge in [0.1, 0.15) is 12.0 Å². The molecule has 1 heterocycles. The van der Waals surface area contributed by atoms with E-state index in [1.165, 1.54) is 6.33 Å². The molecule has 0 fully saturated rings. The lowest BCUT2D eigenvalue weighted by atomic mass is 10.2. The van der Waals surface area contributed by atoms with Crippen molar-refractivity contribution < 1.29 is 9.90 Å². The van der Waals surface area contributed by atoms with E-state index in [4.69, 9.17) is 5.11 Å². The molecule has 5 heteroatoms. The highest BCUT2D eigenvalue weighted by atomic mass is 16.3. The molecule has 0 aliphatic carbocycles. The lowest BCUT2D eigenvalue weighted by Gasteiger charge is -2.08. The molecule has 1 aromatic rings. The number of carbonyl (C=O) groups is 1. The molecule has 82 valence electrons. The fraction of sp³-hybridized carbons (Fsp3) is 0.500. The van der Waals surface area contributed by atoms with Crippen LogP contribution in [0.25, 0.3) is 0 Å². The van der Waals surface area contributed by atoms with Gasteiger partial charge in [0.25, 0.3) is 5.91 Å². The van der Waals surface area contributed by atoms with Gasteiger partial charge in [0.2, 0.25) is 0 Å². The van der Waals surface area contributed by atoms with E-state index in [0.717, 1.165) is 11.3 Å². The number of nitrogens with zero attached hydrogens (tertiary/aromatic N) is 2. The van der Waals surface area contributed by atoms with Gasteiger partial charge in [0.05, 0.1) is 6.10 Å². The molecule has 0 spiro atoms. The summed E-state index contributed by atoms with van der Waals surface area (Å²) in [7, 11) is 0. The first kappa shape index (κ1) is 11.6. The molecule has 1 aromatic heterocycles. The van der Waals surface area contributed by atoms with Crippen LogP contribution in [0.1, 0.15) is 28.7 Å². The molecular formula is C10H15N3O2. The molecule has 2 N–H and O–H groups in total. The molecular weight excluding hydrogens is 194 g/mol. The Bertz CT molecular complexity index is 364. The maximum atomic E-state index is 11.6. The maximum Gasteiger partial charge on any atom is 0.270 e. The minimum atomic E-state index is -0.558. The van der Waals surface area contributed by atoms with Crippen molar-refractivity contribution in [2.24, 2.45) is 0 Å². The second-order valence-electron chi connectivity index (χ2n) is 3.49. The number of hydrogen-bond acceptors (Lipinski definition) is 4. The zero-order valence-corrected chi connectivity index (χ0v) is 9.11. The third kappa shape index (κ3) is 2.99. The van der Waals surface area contributed by atoms with Crippen LogP contribution in [-0.4, -0.2) is 33.6 Å². The van der Waals surface area contributed by atoms with Gasteiger partial charge in [-0.2, -0.15) is 0 Å². The third-order valence-corrected chi connectivity index (χ3v) is 2.11. The minimum Gasteiger partial charge on any atom is -0.392 e. The number of aliphatic hydroxyl groups excluding tert-OH is 1. The Labute approximate surface area is 88.6 Å². The van der Waals surface area contributed by atoms with E-state index < -0.39 is 6.10 Å². The van der Waals surface area contributed by atoms with Crippen LogP contribution in [0.3, 0.4) is 0 Å². The summed E-state index contributed by atoms with van der Waals surface area (Å²) in [6, 6.07) is 0. The molecule has 5 nitrogen and oxygen atoms in total. The molecule has 0 bridgehead atoms. The van der Waals surface area contributed by atoms with E-state index in [2.05, 4.69) is 15.3 Å². The van der Waals surface area contributed by atoms with Crippen molar-refractivity contribution in [2.75, 3.05) is 6.54 Å². The first-order chi connectivity index (χ1) is 7.02. The van der Waals surface area contributed by atoms with Crippen LogP contribution in [0, 0.1) is 13.8 Å². The Kier molecular flexibility index (Phi) is 3.74. The van der Waals surface area contributed by atoms with E-state index in [9.17, 15) is 4.79 Å². The largest absolute Gasteiger partial charge is 0.392 e. The van der Waals surface area contributed by atoms with E-state index >= 15 is 0 Å². The topological polar surface area (TPSA) is 75.1 Å². The van der Waals surface area contributed by atoms with Gasteiger partial charge in [-0.15, -0.1) is 0 Å². The van der Waals surface area contributed by atoms with Crippen molar-refractivity contribution in [2.45, 2.75) is 26.9 Å². The summed E-state index contributed by atoms with van der Waals surface area (Å²) in [4.78, 5) is 19.5. The number of amides is 1. The van der Waals surface area contributed by atoms with Crippen LogP contribution in [0.4, 0.5) is 0 Å². The molecule has 0 saturated heterocycles. The number of nitrogens with one attached hydrogen (secondary N) is 1. The van der Waals surface area contributed by atoms with Crippen LogP contribution in [0.15, 0.2) is 6.33 Å². The van der Waals surface area contributed by atoms with E-state index in [1.54, 1.807) is 13.8 Å². The molecule has 0 aromatic carbocycles. The molecule has 1 amide bonds. The number of rotatable bonds is 3. The van der Waals surface area contributed by atoms with Crippen LogP contribution in [-0.2, 0) is 0 Å². The molecule has 1 atom stereocenters. The van der Waals surface area contributed by atoms with E-state index in [1.807, 2.05) is 6.92 Å². The Balaban J connectivity index is 2.78. The molecule has 0 radical (unpaired) electrons. The first-order valence-corrected chi connectivity index (χ1v) is 4.77. The number of aryl methyl sites for hydroxylation is 1. The highest BCUT2D eigenvalue weighted by Crippen LogP contribution is 2.06. The zero-order valence-electron chi connectivity index (χ0n) is 9.11. The molecule has 0 aliphatic heterocycles. The van der Waals surface area contributed by atoms with Crippen molar-refractivity contribution in [3.8, 4) is 0 Å². The average Bonchev–Trinajstić information content (AvgIpc) is 2.18. The molecule has 0 unspecified atom stereocenters. The van der Waals surface area contributed by atoms with Gasteiger partial charge in [-0.1, -0.05) is 0 Å². The summed E-state index contributed by atoms with van der Waals surface area (Å²) in [6.07, 6.45) is 0.803. The average molecular weight is 209 g/mol. The normalized spacial score (nSPS) is 12.3. The van der Waals surface area contributed by atoms with Gasteiger partial charge in [-0.25, -0.2) is 9.97 Å². The van der Waals surface area contributed by atoms with Crippen molar-refractivity contribution in [1.82, 2.24) is 15.3 Å². The second-order valence-corrected chi connectivity index (χ2v) is 3.49. The van der Waals surface area contributed by atoms with Crippen LogP contribution < -0.4 is 5.32 Å². The van der Waals surface area contributed by atoms with E-state index in [0.29, 0.717) is 5.69 Å². The van der Waals surface area contributed by atoms with Gasteiger partial charge in [0.15, 0.2) is 0 Å². The smallest absolute Gasteiger partial charge is 0.270 e. The number of carbonyl (C=O) groups excluding carboxylic acids is 1. The van der Waals surface area contributed by atoms with Crippen LogP contribution >= 0.6 is 0 Å². The highest BCUT2D eigenvalue weighted by molar-refractivity contribution is 5.93. The number of aromatic nitrogens is 2. The predicted octanol–water partition coefficient (Wildman–Crippen LogP) is 0.204. The van der Waals surface area contributed by atoms with Crippen LogP contribution in [0.5, 0.6) is 0 Å². The third-order valence-electron chi connectivity index (χ3n) is 2.11. The van der Waals surface area contributed by atoms with Crippen LogP contribution in [0.2, 0.25) is 0 Å². The van der Waals surface area contributed by atoms with Crippen molar-refractivity contribution in [1.29, 1.82) is 0 Å². The summed E-state index contributed by atoms with van der Waals surface area (Å²) < 4.78 is 0. The first-order valence-electron chi connectivity index (χ1n) is 4.77. The summed E-state index contributed by atoms with van der Waals surface area (Å²) >= 11 is 0. The zero-order chi connectivity index (χ0) is 11.4. The highest BCUT2D eigenvalue weighted by Gasteiger charge is 2.12. The maximum absolute atomic E-state index is 11.6. The molecule has 15 heavy (non-hydrogen) atoms. The lowest BCUT2D eigenvalue weighted by Crippen LogP contribution is -2.31. The summed E-state index contributed by atoms with van der Waals surface area (Å²) in [5, 5.41) is 11.6. The SMILES string of the molecule is Cc1ncnc(C(=O)NC[C@@H](C)O)c1C. The number of aliphatic hydroxyl groups is 1. The fourth-order valence-corrected chi connectivity index (χ4v) is 1.09. The second kappa shape index (κ2) is 4.84. The van der Waals surface area contributed by atoms with Crippen molar-refractivity contribution >= 4 is 5.91 Å². The molecule has 0 aliphatic rings. The standard InChI is InChI=1S/C10H15N3O2/c1-6(14)4-11-10(15)9-7(2)8(3)12-5-13-9/h5-6,14H,4H2,1-3H3,(H,11,15)/t6-/m1/s1. The Morgan fingerprint density at radius 1 is 1.53 bits per heavy atom. The minimum absolute atomic E-state index is 0.224. The summed E-state index contributed by atoms with van der Waals surface area (Å²) in [5.74, 6) is -0.279. The fourth-order valence-electron chi connectivity index (χ4n) is 1.09. The van der Waals surface area contributed by atoms with Crippen molar-refractivity contribution in [3.63, 3.8) is 0 Å². The van der Waals surface area contributed by atoms with Gasteiger partial charge in [-0.3, -0.25) is 4.79 Å². The summed E-state index contributed by atoms with van der Waals surface area (Å²) in [6.45, 7) is 5.45. The quantitative estimate of drug-likeness (QED) is 0.746. The molecule has 1 rings (SSSR count). The predicted molar refractivity (Wildman–Crippen MR) is 55.5 cm³/mol. The van der Waals surface area contributed by atoms with Gasteiger partial charge >= 0.3 is 0 Å². The number of hydrogen-bond donors (Lipinski definition) is 2. The lowest BCUT2D eigenvalue weighted by molar-refractivity contribution is 0.0918. The molecule has 0 saturated carbocycles. The summed E-state index contributed by atoms with van der Waals surface area (Å²) in [5.41, 5.74) is 1.91. The Morgan fingerprint density at radius 3 is 2.80 bits per heavy atom. The van der Waals surface area contributed by atoms with Gasteiger partial charge in [0, 0.05) is 17.8 Å². The van der Waals surface area contributed by atoms with Gasteiger partial charge < -0.3 is 10.4 Å². The van der Waals surface area contributed by atoms with E-state index in [-0.39, 0.29) is 12.5 Å². The van der Waals surface area contributed by atoms with Gasteiger partial charge in [-0.05, 0) is 20.8 Å².